The monoisotopic (exact) mass is 223 g/mol. The van der Waals surface area contributed by atoms with Gasteiger partial charge >= 0.3 is 0 Å². The van der Waals surface area contributed by atoms with E-state index in [1.807, 2.05) is 0 Å². The predicted molar refractivity (Wildman–Crippen MR) is 70.7 cm³/mol. The molecule has 94 valence electrons. The molecule has 0 radical (unpaired) electrons. The zero-order valence-corrected chi connectivity index (χ0v) is 11.3. The number of hydrogen-bond acceptors (Lipinski definition) is 1. The van der Waals surface area contributed by atoms with Crippen LogP contribution >= 0.6 is 0 Å². The molecule has 2 aliphatic heterocycles. The summed E-state index contributed by atoms with van der Waals surface area (Å²) in [5.41, 5.74) is 0. The smallest absolute Gasteiger partial charge is 0.0127 e. The van der Waals surface area contributed by atoms with Crippen molar-refractivity contribution in [1.82, 2.24) is 4.90 Å². The average molecular weight is 223 g/mol. The minimum atomic E-state index is 0.945. The van der Waals surface area contributed by atoms with Gasteiger partial charge in [-0.25, -0.2) is 0 Å². The molecule has 0 spiro atoms. The SMILES string of the molecule is CCCCC1CCC(CCC)C2CCCN12. The second kappa shape index (κ2) is 6.05. The minimum absolute atomic E-state index is 0.945. The summed E-state index contributed by atoms with van der Waals surface area (Å²) in [6.45, 7) is 6.08. The van der Waals surface area contributed by atoms with E-state index in [4.69, 9.17) is 0 Å². The maximum atomic E-state index is 2.89. The van der Waals surface area contributed by atoms with E-state index in [0.717, 1.165) is 18.0 Å². The summed E-state index contributed by atoms with van der Waals surface area (Å²) < 4.78 is 0. The number of fused-ring (bicyclic) bond motifs is 1. The first kappa shape index (κ1) is 12.4. The molecule has 2 saturated heterocycles. The van der Waals surface area contributed by atoms with Gasteiger partial charge in [0.05, 0.1) is 0 Å². The topological polar surface area (TPSA) is 3.24 Å². The molecule has 2 rings (SSSR count). The molecular formula is C15H29N. The molecule has 0 aromatic heterocycles. The Labute approximate surface area is 102 Å². The molecule has 0 aromatic carbocycles. The molecule has 0 aromatic rings. The molecule has 1 heteroatoms. The van der Waals surface area contributed by atoms with E-state index in [-0.39, 0.29) is 0 Å². The highest BCUT2D eigenvalue weighted by Crippen LogP contribution is 2.38. The second-order valence-electron chi connectivity index (χ2n) is 5.87. The van der Waals surface area contributed by atoms with Crippen molar-refractivity contribution in [3.8, 4) is 0 Å². The van der Waals surface area contributed by atoms with Crippen molar-refractivity contribution in [2.75, 3.05) is 6.54 Å². The molecule has 0 N–H and O–H groups in total. The molecular weight excluding hydrogens is 194 g/mol. The Morgan fingerprint density at radius 2 is 1.88 bits per heavy atom. The van der Waals surface area contributed by atoms with Gasteiger partial charge in [0, 0.05) is 12.1 Å². The van der Waals surface area contributed by atoms with Crippen LogP contribution in [0.4, 0.5) is 0 Å². The molecule has 3 atom stereocenters. The van der Waals surface area contributed by atoms with Crippen LogP contribution in [0.5, 0.6) is 0 Å². The third kappa shape index (κ3) is 2.61. The maximum absolute atomic E-state index is 2.89. The molecule has 0 bridgehead atoms. The third-order valence-corrected chi connectivity index (χ3v) is 4.78. The fraction of sp³-hybridized carbons (Fsp3) is 1.00. The van der Waals surface area contributed by atoms with Crippen LogP contribution in [0.2, 0.25) is 0 Å². The fourth-order valence-corrected chi connectivity index (χ4v) is 4.00. The van der Waals surface area contributed by atoms with Crippen LogP contribution in [0.3, 0.4) is 0 Å². The highest BCUT2D eigenvalue weighted by atomic mass is 15.2. The van der Waals surface area contributed by atoms with Crippen molar-refractivity contribution in [3.05, 3.63) is 0 Å². The largest absolute Gasteiger partial charge is 0.297 e. The average Bonchev–Trinajstić information content (AvgIpc) is 2.78. The Bertz CT molecular complexity index is 202. The summed E-state index contributed by atoms with van der Waals surface area (Å²) in [6.07, 6.45) is 13.1. The van der Waals surface area contributed by atoms with Crippen LogP contribution in [-0.4, -0.2) is 23.5 Å². The molecule has 16 heavy (non-hydrogen) atoms. The van der Waals surface area contributed by atoms with Crippen LogP contribution in [0.1, 0.15) is 71.6 Å². The Hall–Kier alpha value is -0.0400. The van der Waals surface area contributed by atoms with Gasteiger partial charge in [0.15, 0.2) is 0 Å². The third-order valence-electron chi connectivity index (χ3n) is 4.78. The van der Waals surface area contributed by atoms with E-state index in [0.29, 0.717) is 0 Å². The standard InChI is InChI=1S/C15H29N/c1-3-5-8-14-11-10-13(7-4-2)15-9-6-12-16(14)15/h13-15H,3-12H2,1-2H3. The van der Waals surface area contributed by atoms with Gasteiger partial charge < -0.3 is 0 Å². The van der Waals surface area contributed by atoms with Gasteiger partial charge in [0.2, 0.25) is 0 Å². The van der Waals surface area contributed by atoms with E-state index in [9.17, 15) is 0 Å². The first-order chi connectivity index (χ1) is 7.86. The lowest BCUT2D eigenvalue weighted by molar-refractivity contribution is 0.0638. The van der Waals surface area contributed by atoms with Crippen LogP contribution in [-0.2, 0) is 0 Å². The summed E-state index contributed by atoms with van der Waals surface area (Å²) in [7, 11) is 0. The van der Waals surface area contributed by atoms with E-state index >= 15 is 0 Å². The van der Waals surface area contributed by atoms with Gasteiger partial charge in [-0.3, -0.25) is 4.90 Å². The van der Waals surface area contributed by atoms with Gasteiger partial charge in [0.1, 0.15) is 0 Å². The number of rotatable bonds is 5. The van der Waals surface area contributed by atoms with Crippen molar-refractivity contribution in [2.45, 2.75) is 83.7 Å². The highest BCUT2D eigenvalue weighted by Gasteiger charge is 2.38. The van der Waals surface area contributed by atoms with Crippen molar-refractivity contribution in [3.63, 3.8) is 0 Å². The summed E-state index contributed by atoms with van der Waals surface area (Å²) in [6, 6.07) is 1.91. The first-order valence-electron chi connectivity index (χ1n) is 7.62. The number of piperidine rings is 1. The Balaban J connectivity index is 1.91. The lowest BCUT2D eigenvalue weighted by atomic mass is 9.82. The Morgan fingerprint density at radius 1 is 1.00 bits per heavy atom. The van der Waals surface area contributed by atoms with E-state index in [1.54, 1.807) is 0 Å². The molecule has 3 unspecified atom stereocenters. The van der Waals surface area contributed by atoms with Crippen molar-refractivity contribution in [1.29, 1.82) is 0 Å². The lowest BCUT2D eigenvalue weighted by Gasteiger charge is -2.43. The number of unbranched alkanes of at least 4 members (excludes halogenated alkanes) is 1. The van der Waals surface area contributed by atoms with Crippen LogP contribution in [0.15, 0.2) is 0 Å². The first-order valence-corrected chi connectivity index (χ1v) is 7.62. The maximum Gasteiger partial charge on any atom is 0.0127 e. The van der Waals surface area contributed by atoms with Gasteiger partial charge in [-0.15, -0.1) is 0 Å². The summed E-state index contributed by atoms with van der Waals surface area (Å²) in [5, 5.41) is 0. The van der Waals surface area contributed by atoms with Gasteiger partial charge in [-0.05, 0) is 51.0 Å². The Kier molecular flexibility index (Phi) is 4.69. The fourth-order valence-electron chi connectivity index (χ4n) is 4.00. The summed E-state index contributed by atoms with van der Waals surface area (Å²) in [5.74, 6) is 1.03. The molecule has 1 nitrogen and oxygen atoms in total. The summed E-state index contributed by atoms with van der Waals surface area (Å²) >= 11 is 0. The van der Waals surface area contributed by atoms with Gasteiger partial charge in [-0.1, -0.05) is 33.1 Å². The number of hydrogen-bond donors (Lipinski definition) is 0. The molecule has 0 amide bonds. The van der Waals surface area contributed by atoms with E-state index in [2.05, 4.69) is 18.7 Å². The predicted octanol–water partition coefficient (Wildman–Crippen LogP) is 4.22. The van der Waals surface area contributed by atoms with Crippen molar-refractivity contribution < 1.29 is 0 Å². The van der Waals surface area contributed by atoms with Crippen molar-refractivity contribution >= 4 is 0 Å². The van der Waals surface area contributed by atoms with Gasteiger partial charge in [-0.2, -0.15) is 0 Å². The highest BCUT2D eigenvalue weighted by molar-refractivity contribution is 4.93. The van der Waals surface area contributed by atoms with Crippen LogP contribution in [0, 0.1) is 5.92 Å². The summed E-state index contributed by atoms with van der Waals surface area (Å²) in [4.78, 5) is 2.89. The van der Waals surface area contributed by atoms with Crippen LogP contribution < -0.4 is 0 Å². The quantitative estimate of drug-likeness (QED) is 0.674. The van der Waals surface area contributed by atoms with E-state index < -0.39 is 0 Å². The molecule has 2 heterocycles. The van der Waals surface area contributed by atoms with Crippen LogP contribution in [0.25, 0.3) is 0 Å². The minimum Gasteiger partial charge on any atom is -0.297 e. The Morgan fingerprint density at radius 3 is 2.62 bits per heavy atom. The lowest BCUT2D eigenvalue weighted by Crippen LogP contribution is -2.47. The van der Waals surface area contributed by atoms with E-state index in [1.165, 1.54) is 64.3 Å². The zero-order valence-electron chi connectivity index (χ0n) is 11.3. The number of nitrogens with zero attached hydrogens (tertiary/aromatic N) is 1. The van der Waals surface area contributed by atoms with Gasteiger partial charge in [0.25, 0.3) is 0 Å². The zero-order chi connectivity index (χ0) is 11.4. The second-order valence-corrected chi connectivity index (χ2v) is 5.87. The molecule has 0 saturated carbocycles. The molecule has 0 aliphatic carbocycles. The van der Waals surface area contributed by atoms with Crippen molar-refractivity contribution in [2.24, 2.45) is 5.92 Å². The molecule has 2 aliphatic rings. The molecule has 2 fully saturated rings. The normalized spacial score (nSPS) is 35.2.